The molecule has 2 aliphatic rings. The van der Waals surface area contributed by atoms with Gasteiger partial charge in [-0.3, -0.25) is 0 Å². The molecular weight excluding hydrogens is 492 g/mol. The second-order valence-electron chi connectivity index (χ2n) is 9.02. The Balaban J connectivity index is 1.68. The van der Waals surface area contributed by atoms with Gasteiger partial charge < -0.3 is 4.90 Å². The zero-order valence-corrected chi connectivity index (χ0v) is 20.3. The van der Waals surface area contributed by atoms with E-state index >= 15 is 0 Å². The maximum absolute atomic E-state index is 9.83. The number of nitriles is 1. The molecule has 35 heavy (non-hydrogen) atoms. The van der Waals surface area contributed by atoms with Gasteiger partial charge >= 0.3 is 0 Å². The van der Waals surface area contributed by atoms with Crippen molar-refractivity contribution >= 4 is 33.0 Å². The van der Waals surface area contributed by atoms with Crippen molar-refractivity contribution in [3.63, 3.8) is 0 Å². The minimum atomic E-state index is -0.528. The Hall–Kier alpha value is -4.13. The molecule has 5 aromatic carbocycles. The highest BCUT2D eigenvalue weighted by Crippen LogP contribution is 2.63. The molecule has 0 radical (unpaired) electrons. The quantitative estimate of drug-likeness (QED) is 0.221. The predicted molar refractivity (Wildman–Crippen MR) is 144 cm³/mol. The van der Waals surface area contributed by atoms with Gasteiger partial charge in [0.25, 0.3) is 0 Å². The third kappa shape index (κ3) is 2.63. The van der Waals surface area contributed by atoms with Gasteiger partial charge in [-0.2, -0.15) is 5.26 Å². The van der Waals surface area contributed by atoms with E-state index in [1.54, 1.807) is 0 Å². The van der Waals surface area contributed by atoms with Crippen LogP contribution >= 0.6 is 15.9 Å². The summed E-state index contributed by atoms with van der Waals surface area (Å²) in [6, 6.07) is 43.0. The fourth-order valence-corrected chi connectivity index (χ4v) is 6.41. The second kappa shape index (κ2) is 7.43. The molecule has 1 aliphatic carbocycles. The second-order valence-corrected chi connectivity index (χ2v) is 9.93. The number of rotatable bonds is 1. The SMILES string of the molecule is N#Cc1ccc2c(c1)C1(c3cc(Br)ccc3-2)c2ccccc2N(c2ccccc2)c2ccccc21. The van der Waals surface area contributed by atoms with Crippen LogP contribution in [0.15, 0.2) is 120 Å². The third-order valence-electron chi connectivity index (χ3n) is 7.34. The van der Waals surface area contributed by atoms with Gasteiger partial charge in [-0.05, 0) is 81.9 Å². The lowest BCUT2D eigenvalue weighted by atomic mass is 9.64. The first-order valence-electron chi connectivity index (χ1n) is 11.6. The van der Waals surface area contributed by atoms with Crippen molar-refractivity contribution in [2.45, 2.75) is 5.41 Å². The number of hydrogen-bond acceptors (Lipinski definition) is 2. The molecule has 0 saturated carbocycles. The number of nitrogens with zero attached hydrogens (tertiary/aromatic N) is 2. The van der Waals surface area contributed by atoms with Crippen LogP contribution in [0, 0.1) is 11.3 Å². The van der Waals surface area contributed by atoms with E-state index in [0.29, 0.717) is 5.56 Å². The molecule has 1 spiro atoms. The maximum atomic E-state index is 9.83. The Bertz CT molecular complexity index is 1630. The lowest BCUT2D eigenvalue weighted by molar-refractivity contribution is 0.752. The number of benzene rings is 5. The summed E-state index contributed by atoms with van der Waals surface area (Å²) in [5, 5.41) is 9.83. The van der Waals surface area contributed by atoms with E-state index in [9.17, 15) is 5.26 Å². The molecule has 5 aromatic rings. The summed E-state index contributed by atoms with van der Waals surface area (Å²) >= 11 is 3.75. The minimum absolute atomic E-state index is 0.528. The van der Waals surface area contributed by atoms with Gasteiger partial charge in [-0.1, -0.05) is 82.7 Å². The van der Waals surface area contributed by atoms with Gasteiger partial charge in [-0.25, -0.2) is 0 Å². The first-order chi connectivity index (χ1) is 17.2. The van der Waals surface area contributed by atoms with Crippen molar-refractivity contribution in [1.82, 2.24) is 0 Å². The van der Waals surface area contributed by atoms with Crippen LogP contribution in [-0.4, -0.2) is 0 Å². The lowest BCUT2D eigenvalue weighted by Crippen LogP contribution is -2.36. The number of hydrogen-bond donors (Lipinski definition) is 0. The number of halogens is 1. The zero-order chi connectivity index (χ0) is 23.6. The highest BCUT2D eigenvalue weighted by molar-refractivity contribution is 9.10. The molecule has 0 N–H and O–H groups in total. The summed E-state index contributed by atoms with van der Waals surface area (Å²) in [6.45, 7) is 0. The lowest BCUT2D eigenvalue weighted by Gasteiger charge is -2.45. The summed E-state index contributed by atoms with van der Waals surface area (Å²) < 4.78 is 1.05. The van der Waals surface area contributed by atoms with Crippen LogP contribution < -0.4 is 4.90 Å². The number of anilines is 3. The minimum Gasteiger partial charge on any atom is -0.310 e. The van der Waals surface area contributed by atoms with Gasteiger partial charge in [-0.15, -0.1) is 0 Å². The molecule has 0 fully saturated rings. The van der Waals surface area contributed by atoms with Crippen molar-refractivity contribution in [1.29, 1.82) is 5.26 Å². The van der Waals surface area contributed by atoms with E-state index in [-0.39, 0.29) is 0 Å². The molecule has 0 unspecified atom stereocenters. The topological polar surface area (TPSA) is 27.0 Å². The van der Waals surface area contributed by atoms with E-state index in [2.05, 4.69) is 136 Å². The van der Waals surface area contributed by atoms with Gasteiger partial charge in [0.1, 0.15) is 0 Å². The molecular formula is C32H19BrN2. The first-order valence-corrected chi connectivity index (χ1v) is 12.4. The van der Waals surface area contributed by atoms with Crippen LogP contribution in [-0.2, 0) is 5.41 Å². The first kappa shape index (κ1) is 20.3. The van der Waals surface area contributed by atoms with E-state index in [0.717, 1.165) is 27.1 Å². The average Bonchev–Trinajstić information content (AvgIpc) is 3.19. The van der Waals surface area contributed by atoms with Gasteiger partial charge in [0.2, 0.25) is 0 Å². The molecule has 0 atom stereocenters. The van der Waals surface area contributed by atoms with E-state index in [4.69, 9.17) is 0 Å². The summed E-state index contributed by atoms with van der Waals surface area (Å²) in [5.41, 5.74) is 10.8. The Labute approximate surface area is 212 Å². The molecule has 0 bridgehead atoms. The van der Waals surface area contributed by atoms with Crippen LogP contribution in [0.5, 0.6) is 0 Å². The summed E-state index contributed by atoms with van der Waals surface area (Å²) in [4.78, 5) is 2.36. The molecule has 0 aromatic heterocycles. The summed E-state index contributed by atoms with van der Waals surface area (Å²) in [6.07, 6.45) is 0. The van der Waals surface area contributed by atoms with E-state index in [1.165, 1.54) is 27.8 Å². The normalized spacial score (nSPS) is 14.0. The zero-order valence-electron chi connectivity index (χ0n) is 18.7. The molecule has 0 amide bonds. The molecule has 164 valence electrons. The van der Waals surface area contributed by atoms with Gasteiger partial charge in [0.15, 0.2) is 0 Å². The van der Waals surface area contributed by atoms with E-state index < -0.39 is 5.41 Å². The van der Waals surface area contributed by atoms with Crippen LogP contribution in [0.1, 0.15) is 27.8 Å². The molecule has 3 heteroatoms. The number of fused-ring (bicyclic) bond motifs is 9. The Morgan fingerprint density at radius 3 is 1.83 bits per heavy atom. The van der Waals surface area contributed by atoms with Crippen LogP contribution in [0.4, 0.5) is 17.1 Å². The van der Waals surface area contributed by atoms with Crippen LogP contribution in [0.25, 0.3) is 11.1 Å². The molecule has 2 nitrogen and oxygen atoms in total. The Morgan fingerprint density at radius 2 is 1.17 bits per heavy atom. The molecule has 1 aliphatic heterocycles. The van der Waals surface area contributed by atoms with Crippen LogP contribution in [0.3, 0.4) is 0 Å². The van der Waals surface area contributed by atoms with Crippen molar-refractivity contribution in [3.05, 3.63) is 148 Å². The fraction of sp³-hybridized carbons (Fsp3) is 0.0312. The Morgan fingerprint density at radius 1 is 0.600 bits per heavy atom. The van der Waals surface area contributed by atoms with E-state index in [1.807, 2.05) is 6.07 Å². The Kier molecular flexibility index (Phi) is 4.30. The molecule has 0 saturated heterocycles. The highest BCUT2D eigenvalue weighted by atomic mass is 79.9. The van der Waals surface area contributed by atoms with Crippen LogP contribution in [0.2, 0.25) is 0 Å². The fourth-order valence-electron chi connectivity index (χ4n) is 6.05. The third-order valence-corrected chi connectivity index (χ3v) is 7.83. The van der Waals surface area contributed by atoms with Gasteiger partial charge in [0, 0.05) is 10.2 Å². The monoisotopic (exact) mass is 510 g/mol. The molecule has 7 rings (SSSR count). The highest BCUT2D eigenvalue weighted by Gasteiger charge is 2.51. The summed E-state index contributed by atoms with van der Waals surface area (Å²) in [5.74, 6) is 0. The number of para-hydroxylation sites is 3. The molecule has 1 heterocycles. The van der Waals surface area contributed by atoms with Gasteiger partial charge in [0.05, 0.1) is 28.4 Å². The average molecular weight is 511 g/mol. The smallest absolute Gasteiger partial charge is 0.0991 e. The predicted octanol–water partition coefficient (Wildman–Crippen LogP) is 8.47. The van der Waals surface area contributed by atoms with Crippen molar-refractivity contribution in [2.75, 3.05) is 4.90 Å². The largest absolute Gasteiger partial charge is 0.310 e. The van der Waals surface area contributed by atoms with Crippen molar-refractivity contribution in [2.24, 2.45) is 0 Å². The summed E-state index contributed by atoms with van der Waals surface area (Å²) in [7, 11) is 0. The maximum Gasteiger partial charge on any atom is 0.0991 e. The standard InChI is InChI=1S/C32H19BrN2/c33-22-15-17-25-24-16-14-21(20-34)18-28(24)32(29(25)19-22)26-10-4-6-12-30(26)35(23-8-2-1-3-9-23)31-13-7-5-11-27(31)32/h1-19H. The van der Waals surface area contributed by atoms with Crippen molar-refractivity contribution < 1.29 is 0 Å². The van der Waals surface area contributed by atoms with Crippen molar-refractivity contribution in [3.8, 4) is 17.2 Å².